The van der Waals surface area contributed by atoms with Crippen molar-refractivity contribution in [3.63, 3.8) is 0 Å². The lowest BCUT2D eigenvalue weighted by Crippen LogP contribution is -1.97. The third kappa shape index (κ3) is 2.62. The second-order valence-electron chi connectivity index (χ2n) is 2.86. The largest absolute Gasteiger partial charge is 0.478 e. The number of hydrogen-bond donors (Lipinski definition) is 1. The van der Waals surface area contributed by atoms with Gasteiger partial charge in [-0.05, 0) is 22.4 Å². The summed E-state index contributed by atoms with van der Waals surface area (Å²) >= 11 is 4.76. The monoisotopic (exact) mass is 256 g/mol. The highest BCUT2D eigenvalue weighted by atomic mass is 32.2. The van der Waals surface area contributed by atoms with Crippen molar-refractivity contribution in [1.29, 1.82) is 0 Å². The summed E-state index contributed by atoms with van der Waals surface area (Å²) in [6, 6.07) is 2.04. The molecule has 2 nitrogen and oxygen atoms in total. The molecular formula is C10H8O2S3. The topological polar surface area (TPSA) is 37.3 Å². The van der Waals surface area contributed by atoms with Gasteiger partial charge in [-0.2, -0.15) is 22.7 Å². The van der Waals surface area contributed by atoms with Crippen molar-refractivity contribution in [2.45, 2.75) is 10.6 Å². The van der Waals surface area contributed by atoms with Crippen LogP contribution in [0.2, 0.25) is 0 Å². The second-order valence-corrected chi connectivity index (χ2v) is 5.44. The van der Waals surface area contributed by atoms with Crippen molar-refractivity contribution < 1.29 is 9.90 Å². The second kappa shape index (κ2) is 4.83. The Labute approximate surface area is 99.6 Å². The van der Waals surface area contributed by atoms with Crippen LogP contribution in [-0.2, 0) is 5.75 Å². The summed E-state index contributed by atoms with van der Waals surface area (Å²) < 4.78 is 0. The summed E-state index contributed by atoms with van der Waals surface area (Å²) in [5.74, 6) is -0.112. The Balaban J connectivity index is 2.05. The van der Waals surface area contributed by atoms with Crippen LogP contribution in [-0.4, -0.2) is 11.1 Å². The summed E-state index contributed by atoms with van der Waals surface area (Å²) in [5, 5.41) is 16.6. The van der Waals surface area contributed by atoms with Gasteiger partial charge in [-0.1, -0.05) is 0 Å². The maximum Gasteiger partial charge on any atom is 0.336 e. The fraction of sp³-hybridized carbons (Fsp3) is 0.100. The molecule has 0 aromatic carbocycles. The zero-order chi connectivity index (χ0) is 10.7. The molecule has 5 heteroatoms. The Hall–Kier alpha value is -0.780. The van der Waals surface area contributed by atoms with E-state index < -0.39 is 5.97 Å². The Morgan fingerprint density at radius 1 is 1.33 bits per heavy atom. The molecule has 78 valence electrons. The van der Waals surface area contributed by atoms with E-state index in [1.807, 2.05) is 16.8 Å². The molecule has 0 saturated carbocycles. The van der Waals surface area contributed by atoms with Gasteiger partial charge in [0.25, 0.3) is 0 Å². The Morgan fingerprint density at radius 2 is 2.20 bits per heavy atom. The molecule has 0 saturated heterocycles. The van der Waals surface area contributed by atoms with Crippen LogP contribution in [0.3, 0.4) is 0 Å². The highest BCUT2D eigenvalue weighted by Gasteiger charge is 2.10. The zero-order valence-corrected chi connectivity index (χ0v) is 10.1. The highest BCUT2D eigenvalue weighted by molar-refractivity contribution is 7.98. The van der Waals surface area contributed by atoms with Gasteiger partial charge in [0.15, 0.2) is 0 Å². The molecule has 0 aliphatic heterocycles. The molecule has 0 fully saturated rings. The number of rotatable bonds is 4. The summed E-state index contributed by atoms with van der Waals surface area (Å²) in [6.45, 7) is 0. The van der Waals surface area contributed by atoms with Crippen LogP contribution < -0.4 is 0 Å². The van der Waals surface area contributed by atoms with Gasteiger partial charge >= 0.3 is 5.97 Å². The fourth-order valence-corrected chi connectivity index (χ4v) is 3.82. The maximum atomic E-state index is 10.8. The lowest BCUT2D eigenvalue weighted by atomic mass is 10.2. The predicted molar refractivity (Wildman–Crippen MR) is 65.2 cm³/mol. The Kier molecular flexibility index (Phi) is 3.45. The number of carboxylic acid groups (broad SMARTS) is 1. The molecule has 15 heavy (non-hydrogen) atoms. The Bertz CT molecular complexity index is 445. The smallest absolute Gasteiger partial charge is 0.336 e. The van der Waals surface area contributed by atoms with Crippen LogP contribution >= 0.6 is 34.4 Å². The molecule has 0 aliphatic carbocycles. The minimum absolute atomic E-state index is 0.433. The van der Waals surface area contributed by atoms with Crippen LogP contribution in [0.15, 0.2) is 32.5 Å². The number of carboxylic acids is 1. The number of thiophene rings is 2. The van der Waals surface area contributed by atoms with E-state index in [0.29, 0.717) is 5.56 Å². The summed E-state index contributed by atoms with van der Waals surface area (Å²) in [4.78, 5) is 12.0. The molecule has 0 aliphatic rings. The van der Waals surface area contributed by atoms with E-state index >= 15 is 0 Å². The van der Waals surface area contributed by atoms with E-state index in [1.54, 1.807) is 28.5 Å². The van der Waals surface area contributed by atoms with E-state index in [4.69, 9.17) is 5.11 Å². The zero-order valence-electron chi connectivity index (χ0n) is 7.67. The SMILES string of the molecule is O=C(O)c1cscc1CSc1ccsc1. The van der Waals surface area contributed by atoms with Crippen LogP contribution in [0.25, 0.3) is 0 Å². The van der Waals surface area contributed by atoms with E-state index in [1.165, 1.54) is 16.2 Å². The van der Waals surface area contributed by atoms with Gasteiger partial charge in [0.2, 0.25) is 0 Å². The van der Waals surface area contributed by atoms with Gasteiger partial charge in [-0.3, -0.25) is 0 Å². The summed E-state index contributed by atoms with van der Waals surface area (Å²) in [5.41, 5.74) is 1.34. The van der Waals surface area contributed by atoms with Gasteiger partial charge in [0.1, 0.15) is 0 Å². The first-order valence-electron chi connectivity index (χ1n) is 4.20. The number of aromatic carboxylic acids is 1. The van der Waals surface area contributed by atoms with Crippen molar-refractivity contribution >= 4 is 40.4 Å². The van der Waals surface area contributed by atoms with Crippen molar-refractivity contribution in [3.05, 3.63) is 38.7 Å². The van der Waals surface area contributed by atoms with Crippen molar-refractivity contribution in [2.24, 2.45) is 0 Å². The van der Waals surface area contributed by atoms with Crippen LogP contribution in [0.4, 0.5) is 0 Å². The minimum Gasteiger partial charge on any atom is -0.478 e. The maximum absolute atomic E-state index is 10.8. The molecule has 2 heterocycles. The lowest BCUT2D eigenvalue weighted by molar-refractivity contribution is 0.0696. The molecule has 2 aromatic rings. The third-order valence-electron chi connectivity index (χ3n) is 1.86. The molecular weight excluding hydrogens is 248 g/mol. The van der Waals surface area contributed by atoms with Crippen molar-refractivity contribution in [2.75, 3.05) is 0 Å². The average Bonchev–Trinajstić information content (AvgIpc) is 2.86. The van der Waals surface area contributed by atoms with Crippen LogP contribution in [0, 0.1) is 0 Å². The number of hydrogen-bond acceptors (Lipinski definition) is 4. The third-order valence-corrected chi connectivity index (χ3v) is 4.53. The quantitative estimate of drug-likeness (QED) is 0.845. The van der Waals surface area contributed by atoms with Crippen molar-refractivity contribution in [1.82, 2.24) is 0 Å². The summed E-state index contributed by atoms with van der Waals surface area (Å²) in [6.07, 6.45) is 0. The standard InChI is InChI=1S/C10H8O2S3/c11-10(12)9-6-14-3-7(9)4-15-8-1-2-13-5-8/h1-3,5-6H,4H2,(H,11,12). The molecule has 0 amide bonds. The average molecular weight is 256 g/mol. The van der Waals surface area contributed by atoms with E-state index in [-0.39, 0.29) is 0 Å². The Morgan fingerprint density at radius 3 is 2.87 bits per heavy atom. The minimum atomic E-state index is -0.836. The first-order valence-corrected chi connectivity index (χ1v) is 7.08. The van der Waals surface area contributed by atoms with Gasteiger partial charge in [0, 0.05) is 21.4 Å². The molecule has 0 atom stereocenters. The highest BCUT2D eigenvalue weighted by Crippen LogP contribution is 2.27. The first-order chi connectivity index (χ1) is 7.27. The van der Waals surface area contributed by atoms with E-state index in [2.05, 4.69) is 5.38 Å². The number of thioether (sulfide) groups is 1. The lowest BCUT2D eigenvalue weighted by Gasteiger charge is -1.98. The van der Waals surface area contributed by atoms with Crippen LogP contribution in [0.5, 0.6) is 0 Å². The molecule has 2 rings (SSSR count). The number of carbonyl (C=O) groups is 1. The van der Waals surface area contributed by atoms with Gasteiger partial charge in [-0.15, -0.1) is 11.8 Å². The molecule has 2 aromatic heterocycles. The first kappa shape index (κ1) is 10.7. The molecule has 0 radical (unpaired) electrons. The molecule has 0 unspecified atom stereocenters. The molecule has 0 bridgehead atoms. The van der Waals surface area contributed by atoms with Crippen LogP contribution in [0.1, 0.15) is 15.9 Å². The van der Waals surface area contributed by atoms with Gasteiger partial charge in [-0.25, -0.2) is 4.79 Å². The van der Waals surface area contributed by atoms with Gasteiger partial charge < -0.3 is 5.11 Å². The predicted octanol–water partition coefficient (Wildman–Crippen LogP) is 3.80. The van der Waals surface area contributed by atoms with Crippen molar-refractivity contribution in [3.8, 4) is 0 Å². The van der Waals surface area contributed by atoms with Gasteiger partial charge in [0.05, 0.1) is 5.56 Å². The summed E-state index contributed by atoms with van der Waals surface area (Å²) in [7, 11) is 0. The normalized spacial score (nSPS) is 10.4. The molecule has 0 spiro atoms. The van der Waals surface area contributed by atoms with E-state index in [9.17, 15) is 4.79 Å². The fourth-order valence-electron chi connectivity index (χ4n) is 1.12. The molecule has 1 N–H and O–H groups in total. The van der Waals surface area contributed by atoms with E-state index in [0.717, 1.165) is 11.3 Å².